The molecule has 0 fully saturated rings. The monoisotopic (exact) mass is 353 g/mol. The Hall–Kier alpha value is -2.23. The number of nitrogens with zero attached hydrogens (tertiary/aromatic N) is 2. The van der Waals surface area contributed by atoms with Crippen LogP contribution in [0, 0.1) is 19.3 Å². The molecule has 0 bridgehead atoms. The van der Waals surface area contributed by atoms with Crippen LogP contribution in [0.3, 0.4) is 0 Å². The standard InChI is InChI=1S/C22H31N3O/c1-15-11-18(25-10-8-19-17(14-25)7-9-24(19)6)12-16(2)21(15)23-20(26)13-22(3,4)5/h7,9,11-12H,8,10,13-14H2,1-6H3,(H,23,26). The molecule has 4 heteroatoms. The number of aromatic nitrogens is 1. The van der Waals surface area contributed by atoms with E-state index in [2.05, 4.69) is 80.8 Å². The highest BCUT2D eigenvalue weighted by Gasteiger charge is 2.21. The molecule has 26 heavy (non-hydrogen) atoms. The predicted molar refractivity (Wildman–Crippen MR) is 109 cm³/mol. The van der Waals surface area contributed by atoms with E-state index in [1.165, 1.54) is 16.9 Å². The second-order valence-corrected chi connectivity index (χ2v) is 8.81. The molecule has 0 radical (unpaired) electrons. The van der Waals surface area contributed by atoms with E-state index in [0.717, 1.165) is 36.3 Å². The zero-order valence-corrected chi connectivity index (χ0v) is 16.9. The zero-order valence-electron chi connectivity index (χ0n) is 16.9. The minimum atomic E-state index is -0.00692. The van der Waals surface area contributed by atoms with Gasteiger partial charge in [0, 0.05) is 56.2 Å². The topological polar surface area (TPSA) is 37.3 Å². The molecule has 0 unspecified atom stereocenters. The van der Waals surface area contributed by atoms with Crippen molar-refractivity contribution in [1.82, 2.24) is 4.57 Å². The Bertz CT molecular complexity index is 803. The van der Waals surface area contributed by atoms with Crippen molar-refractivity contribution in [3.8, 4) is 0 Å². The first-order valence-electron chi connectivity index (χ1n) is 9.43. The molecule has 0 atom stereocenters. The number of nitrogens with one attached hydrogen (secondary N) is 1. The van der Waals surface area contributed by atoms with E-state index in [4.69, 9.17) is 0 Å². The lowest BCUT2D eigenvalue weighted by molar-refractivity contribution is -0.117. The van der Waals surface area contributed by atoms with Crippen LogP contribution in [-0.2, 0) is 24.8 Å². The Balaban J connectivity index is 1.78. The third kappa shape index (κ3) is 3.95. The fraction of sp³-hybridized carbons (Fsp3) is 0.500. The summed E-state index contributed by atoms with van der Waals surface area (Å²) in [6.07, 6.45) is 3.75. The van der Waals surface area contributed by atoms with Gasteiger partial charge in [0.05, 0.1) is 0 Å². The summed E-state index contributed by atoms with van der Waals surface area (Å²) in [5, 5.41) is 3.12. The molecule has 1 N–H and O–H groups in total. The molecular weight excluding hydrogens is 322 g/mol. The highest BCUT2D eigenvalue weighted by Crippen LogP contribution is 2.31. The van der Waals surface area contributed by atoms with Crippen molar-refractivity contribution in [1.29, 1.82) is 0 Å². The molecule has 1 aliphatic rings. The van der Waals surface area contributed by atoms with Crippen molar-refractivity contribution in [2.45, 2.75) is 54.0 Å². The molecule has 140 valence electrons. The molecule has 4 nitrogen and oxygen atoms in total. The van der Waals surface area contributed by atoms with Gasteiger partial charge < -0.3 is 14.8 Å². The molecule has 1 aromatic carbocycles. The maximum Gasteiger partial charge on any atom is 0.224 e. The molecule has 3 rings (SSSR count). The Kier molecular flexibility index (Phi) is 4.87. The van der Waals surface area contributed by atoms with Crippen LogP contribution in [0.25, 0.3) is 0 Å². The van der Waals surface area contributed by atoms with Gasteiger partial charge in [0.15, 0.2) is 0 Å². The second kappa shape index (κ2) is 6.82. The normalized spacial score (nSPS) is 14.3. The minimum Gasteiger partial charge on any atom is -0.367 e. The first-order valence-corrected chi connectivity index (χ1v) is 9.43. The second-order valence-electron chi connectivity index (χ2n) is 8.81. The average Bonchev–Trinajstić information content (AvgIpc) is 2.90. The molecular formula is C22H31N3O. The highest BCUT2D eigenvalue weighted by molar-refractivity contribution is 5.93. The van der Waals surface area contributed by atoms with Crippen molar-refractivity contribution >= 4 is 17.3 Å². The average molecular weight is 354 g/mol. The quantitative estimate of drug-likeness (QED) is 0.877. The van der Waals surface area contributed by atoms with E-state index in [9.17, 15) is 4.79 Å². The van der Waals surface area contributed by atoms with Gasteiger partial charge in [-0.3, -0.25) is 4.79 Å². The van der Waals surface area contributed by atoms with Crippen LogP contribution in [0.5, 0.6) is 0 Å². The molecule has 0 spiro atoms. The van der Waals surface area contributed by atoms with Gasteiger partial charge >= 0.3 is 0 Å². The van der Waals surface area contributed by atoms with Gasteiger partial charge in [0.25, 0.3) is 0 Å². The summed E-state index contributed by atoms with van der Waals surface area (Å²) >= 11 is 0. The highest BCUT2D eigenvalue weighted by atomic mass is 16.1. The van der Waals surface area contributed by atoms with Crippen molar-refractivity contribution in [2.75, 3.05) is 16.8 Å². The lowest BCUT2D eigenvalue weighted by Gasteiger charge is -2.31. The van der Waals surface area contributed by atoms with Crippen LogP contribution in [0.1, 0.15) is 49.6 Å². The first kappa shape index (κ1) is 18.6. The van der Waals surface area contributed by atoms with Crippen LogP contribution in [0.15, 0.2) is 24.4 Å². The summed E-state index contributed by atoms with van der Waals surface area (Å²) in [6.45, 7) is 12.4. The maximum absolute atomic E-state index is 12.3. The predicted octanol–water partition coefficient (Wildman–Crippen LogP) is 4.58. The summed E-state index contributed by atoms with van der Waals surface area (Å²) in [5.41, 5.74) is 7.30. The lowest BCUT2D eigenvalue weighted by Crippen LogP contribution is -2.31. The van der Waals surface area contributed by atoms with Gasteiger partial charge in [-0.2, -0.15) is 0 Å². The van der Waals surface area contributed by atoms with E-state index < -0.39 is 0 Å². The van der Waals surface area contributed by atoms with Crippen LogP contribution >= 0.6 is 0 Å². The third-order valence-corrected chi connectivity index (χ3v) is 5.11. The lowest BCUT2D eigenvalue weighted by atomic mass is 9.92. The van der Waals surface area contributed by atoms with Crippen molar-refractivity contribution in [3.63, 3.8) is 0 Å². The molecule has 1 aromatic heterocycles. The van der Waals surface area contributed by atoms with Crippen LogP contribution in [0.2, 0.25) is 0 Å². The van der Waals surface area contributed by atoms with Crippen molar-refractivity contribution in [3.05, 3.63) is 46.8 Å². The smallest absolute Gasteiger partial charge is 0.224 e. The van der Waals surface area contributed by atoms with E-state index in [1.54, 1.807) is 0 Å². The fourth-order valence-electron chi connectivity index (χ4n) is 3.83. The Labute approximate surface area is 157 Å². The number of benzene rings is 1. The number of amides is 1. The third-order valence-electron chi connectivity index (χ3n) is 5.11. The van der Waals surface area contributed by atoms with Gasteiger partial charge in [-0.15, -0.1) is 0 Å². The molecule has 2 aromatic rings. The van der Waals surface area contributed by atoms with Crippen LogP contribution < -0.4 is 10.2 Å². The number of carbonyl (C=O) groups excluding carboxylic acids is 1. The van der Waals surface area contributed by atoms with Gasteiger partial charge in [-0.25, -0.2) is 0 Å². The molecule has 0 aliphatic carbocycles. The molecule has 0 saturated carbocycles. The number of hydrogen-bond donors (Lipinski definition) is 1. The van der Waals surface area contributed by atoms with E-state index in [1.807, 2.05) is 0 Å². The minimum absolute atomic E-state index is 0.00692. The number of aryl methyl sites for hydroxylation is 3. The summed E-state index contributed by atoms with van der Waals surface area (Å²) in [6, 6.07) is 6.63. The van der Waals surface area contributed by atoms with E-state index >= 15 is 0 Å². The van der Waals surface area contributed by atoms with E-state index in [-0.39, 0.29) is 11.3 Å². The Morgan fingerprint density at radius 3 is 2.46 bits per heavy atom. The SMILES string of the molecule is Cc1cc(N2CCc3c(ccn3C)C2)cc(C)c1NC(=O)CC(C)(C)C. The van der Waals surface area contributed by atoms with Crippen molar-refractivity contribution in [2.24, 2.45) is 12.5 Å². The molecule has 2 heterocycles. The maximum atomic E-state index is 12.3. The number of rotatable bonds is 3. The number of fused-ring (bicyclic) bond motifs is 1. The van der Waals surface area contributed by atoms with Crippen LogP contribution in [0.4, 0.5) is 11.4 Å². The number of hydrogen-bond acceptors (Lipinski definition) is 2. The van der Waals surface area contributed by atoms with Gasteiger partial charge in [-0.05, 0) is 54.2 Å². The summed E-state index contributed by atoms with van der Waals surface area (Å²) in [5.74, 6) is 0.0864. The number of carbonyl (C=O) groups is 1. The Morgan fingerprint density at radius 1 is 1.19 bits per heavy atom. The molecule has 1 aliphatic heterocycles. The van der Waals surface area contributed by atoms with Crippen molar-refractivity contribution < 1.29 is 4.79 Å². The summed E-state index contributed by atoms with van der Waals surface area (Å²) < 4.78 is 2.23. The first-order chi connectivity index (χ1) is 12.1. The van der Waals surface area contributed by atoms with Gasteiger partial charge in [0.2, 0.25) is 5.91 Å². The fourth-order valence-corrected chi connectivity index (χ4v) is 3.83. The summed E-state index contributed by atoms with van der Waals surface area (Å²) in [4.78, 5) is 14.8. The largest absolute Gasteiger partial charge is 0.367 e. The molecule has 1 amide bonds. The van der Waals surface area contributed by atoms with Gasteiger partial charge in [0.1, 0.15) is 0 Å². The molecule has 0 saturated heterocycles. The Morgan fingerprint density at radius 2 is 1.85 bits per heavy atom. The zero-order chi connectivity index (χ0) is 19.1. The van der Waals surface area contributed by atoms with Crippen LogP contribution in [-0.4, -0.2) is 17.0 Å². The van der Waals surface area contributed by atoms with E-state index in [0.29, 0.717) is 6.42 Å². The van der Waals surface area contributed by atoms with Gasteiger partial charge in [-0.1, -0.05) is 20.8 Å². The number of anilines is 2. The summed E-state index contributed by atoms with van der Waals surface area (Å²) in [7, 11) is 2.12.